The first-order valence-electron chi connectivity index (χ1n) is 5.71. The quantitative estimate of drug-likeness (QED) is 0.720. The first-order chi connectivity index (χ1) is 7.70. The van der Waals surface area contributed by atoms with Crippen molar-refractivity contribution in [3.05, 3.63) is 30.3 Å². The minimum atomic E-state index is 0.108. The molecular formula is C13H21NO2. The molecule has 1 unspecified atom stereocenters. The highest BCUT2D eigenvalue weighted by atomic mass is 16.5. The highest BCUT2D eigenvalue weighted by Crippen LogP contribution is 2.07. The van der Waals surface area contributed by atoms with Crippen LogP contribution in [-0.4, -0.2) is 25.9 Å². The van der Waals surface area contributed by atoms with Crippen molar-refractivity contribution in [2.45, 2.75) is 19.9 Å². The van der Waals surface area contributed by atoms with Gasteiger partial charge < -0.3 is 15.2 Å². The number of benzene rings is 1. The lowest BCUT2D eigenvalue weighted by molar-refractivity contribution is 0.0824. The van der Waals surface area contributed by atoms with Gasteiger partial charge >= 0.3 is 0 Å². The Bertz CT molecular complexity index is 275. The van der Waals surface area contributed by atoms with Gasteiger partial charge in [0.15, 0.2) is 0 Å². The second-order valence-electron chi connectivity index (χ2n) is 4.14. The monoisotopic (exact) mass is 223 g/mol. The van der Waals surface area contributed by atoms with Crippen molar-refractivity contribution in [1.29, 1.82) is 0 Å². The summed E-state index contributed by atoms with van der Waals surface area (Å²) in [6.45, 7) is 5.92. The first-order valence-corrected chi connectivity index (χ1v) is 5.71. The zero-order chi connectivity index (χ0) is 11.8. The zero-order valence-electron chi connectivity index (χ0n) is 10.1. The second kappa shape index (κ2) is 7.25. The number of rotatable bonds is 7. The van der Waals surface area contributed by atoms with Gasteiger partial charge in [-0.05, 0) is 18.1 Å². The molecule has 0 saturated heterocycles. The Balaban J connectivity index is 2.04. The van der Waals surface area contributed by atoms with Gasteiger partial charge in [-0.1, -0.05) is 32.0 Å². The van der Waals surface area contributed by atoms with Crippen LogP contribution in [0.2, 0.25) is 0 Å². The van der Waals surface area contributed by atoms with Gasteiger partial charge in [-0.25, -0.2) is 0 Å². The standard InChI is InChI=1S/C13H21NO2/c1-11(2)13(14)10-15-8-9-16-12-6-4-3-5-7-12/h3-7,11,13H,8-10,14H2,1-2H3. The Morgan fingerprint density at radius 1 is 1.12 bits per heavy atom. The number of hydrogen-bond acceptors (Lipinski definition) is 3. The Morgan fingerprint density at radius 3 is 2.44 bits per heavy atom. The highest BCUT2D eigenvalue weighted by Gasteiger charge is 2.06. The molecule has 0 heterocycles. The topological polar surface area (TPSA) is 44.5 Å². The van der Waals surface area contributed by atoms with E-state index in [2.05, 4.69) is 13.8 Å². The van der Waals surface area contributed by atoms with Crippen LogP contribution in [0.4, 0.5) is 0 Å². The molecule has 0 spiro atoms. The van der Waals surface area contributed by atoms with Crippen molar-refractivity contribution in [2.75, 3.05) is 19.8 Å². The molecule has 0 aliphatic carbocycles. The number of hydrogen-bond donors (Lipinski definition) is 1. The predicted molar refractivity (Wildman–Crippen MR) is 65.6 cm³/mol. The van der Waals surface area contributed by atoms with Crippen molar-refractivity contribution in [2.24, 2.45) is 11.7 Å². The summed E-state index contributed by atoms with van der Waals surface area (Å²) >= 11 is 0. The molecule has 1 aromatic rings. The molecule has 0 radical (unpaired) electrons. The van der Waals surface area contributed by atoms with E-state index >= 15 is 0 Å². The van der Waals surface area contributed by atoms with Crippen LogP contribution < -0.4 is 10.5 Å². The molecule has 0 aromatic heterocycles. The molecule has 2 N–H and O–H groups in total. The molecule has 90 valence electrons. The fourth-order valence-electron chi connectivity index (χ4n) is 1.15. The first kappa shape index (κ1) is 13.0. The molecular weight excluding hydrogens is 202 g/mol. The predicted octanol–water partition coefficient (Wildman–Crippen LogP) is 2.07. The summed E-state index contributed by atoms with van der Waals surface area (Å²) in [4.78, 5) is 0. The van der Waals surface area contributed by atoms with E-state index < -0.39 is 0 Å². The van der Waals surface area contributed by atoms with Crippen LogP contribution in [0.3, 0.4) is 0 Å². The molecule has 0 aliphatic rings. The maximum atomic E-state index is 5.84. The summed E-state index contributed by atoms with van der Waals surface area (Å²) < 4.78 is 10.9. The van der Waals surface area contributed by atoms with E-state index in [1.807, 2.05) is 30.3 Å². The number of nitrogens with two attached hydrogens (primary N) is 1. The van der Waals surface area contributed by atoms with Gasteiger partial charge in [0.05, 0.1) is 13.2 Å². The van der Waals surface area contributed by atoms with Crippen LogP contribution in [0.1, 0.15) is 13.8 Å². The normalized spacial score (nSPS) is 12.8. The molecule has 3 heteroatoms. The third kappa shape index (κ3) is 5.14. The van der Waals surface area contributed by atoms with Crippen molar-refractivity contribution < 1.29 is 9.47 Å². The molecule has 0 saturated carbocycles. The van der Waals surface area contributed by atoms with Crippen molar-refractivity contribution >= 4 is 0 Å². The molecule has 1 aromatic carbocycles. The van der Waals surface area contributed by atoms with Crippen LogP contribution in [0, 0.1) is 5.92 Å². The molecule has 0 fully saturated rings. The fourth-order valence-corrected chi connectivity index (χ4v) is 1.15. The Hall–Kier alpha value is -1.06. The van der Waals surface area contributed by atoms with Crippen molar-refractivity contribution in [3.63, 3.8) is 0 Å². The third-order valence-corrected chi connectivity index (χ3v) is 2.41. The van der Waals surface area contributed by atoms with Crippen LogP contribution in [0.5, 0.6) is 5.75 Å². The highest BCUT2D eigenvalue weighted by molar-refractivity contribution is 5.20. The largest absolute Gasteiger partial charge is 0.491 e. The van der Waals surface area contributed by atoms with Gasteiger partial charge in [0, 0.05) is 6.04 Å². The van der Waals surface area contributed by atoms with Gasteiger partial charge in [0.2, 0.25) is 0 Å². The summed E-state index contributed by atoms with van der Waals surface area (Å²) in [5.74, 6) is 1.33. The summed E-state index contributed by atoms with van der Waals surface area (Å²) in [6, 6.07) is 9.83. The van der Waals surface area contributed by atoms with Crippen LogP contribution >= 0.6 is 0 Å². The Morgan fingerprint density at radius 2 is 1.81 bits per heavy atom. The lowest BCUT2D eigenvalue weighted by Gasteiger charge is -2.15. The van der Waals surface area contributed by atoms with Crippen LogP contribution in [0.25, 0.3) is 0 Å². The summed E-state index contributed by atoms with van der Waals surface area (Å²) in [6.07, 6.45) is 0. The van der Waals surface area contributed by atoms with E-state index in [1.54, 1.807) is 0 Å². The van der Waals surface area contributed by atoms with Crippen molar-refractivity contribution in [3.8, 4) is 5.75 Å². The van der Waals surface area contributed by atoms with E-state index in [4.69, 9.17) is 15.2 Å². The molecule has 16 heavy (non-hydrogen) atoms. The van der Waals surface area contributed by atoms with Gasteiger partial charge in [0.1, 0.15) is 12.4 Å². The summed E-state index contributed by atoms with van der Waals surface area (Å²) in [5.41, 5.74) is 5.84. The Kier molecular flexibility index (Phi) is 5.90. The minimum absolute atomic E-state index is 0.108. The zero-order valence-corrected chi connectivity index (χ0v) is 10.1. The average molecular weight is 223 g/mol. The number of ether oxygens (including phenoxy) is 2. The fraction of sp³-hybridized carbons (Fsp3) is 0.538. The Labute approximate surface area is 97.6 Å². The SMILES string of the molecule is CC(C)C(N)COCCOc1ccccc1. The number of para-hydroxylation sites is 1. The van der Waals surface area contributed by atoms with Gasteiger partial charge in [0.25, 0.3) is 0 Å². The summed E-state index contributed by atoms with van der Waals surface area (Å²) in [5, 5.41) is 0. The van der Waals surface area contributed by atoms with Crippen LogP contribution in [-0.2, 0) is 4.74 Å². The molecule has 1 rings (SSSR count). The smallest absolute Gasteiger partial charge is 0.119 e. The second-order valence-corrected chi connectivity index (χ2v) is 4.14. The maximum Gasteiger partial charge on any atom is 0.119 e. The minimum Gasteiger partial charge on any atom is -0.491 e. The lowest BCUT2D eigenvalue weighted by atomic mass is 10.1. The van der Waals surface area contributed by atoms with Crippen molar-refractivity contribution in [1.82, 2.24) is 0 Å². The molecule has 0 aliphatic heterocycles. The molecule has 1 atom stereocenters. The molecule has 3 nitrogen and oxygen atoms in total. The van der Waals surface area contributed by atoms with Crippen LogP contribution in [0.15, 0.2) is 30.3 Å². The average Bonchev–Trinajstić information content (AvgIpc) is 2.29. The van der Waals surface area contributed by atoms with Gasteiger partial charge in [-0.3, -0.25) is 0 Å². The summed E-state index contributed by atoms with van der Waals surface area (Å²) in [7, 11) is 0. The van der Waals surface area contributed by atoms with E-state index in [1.165, 1.54) is 0 Å². The maximum absolute atomic E-state index is 5.84. The third-order valence-electron chi connectivity index (χ3n) is 2.41. The van der Waals surface area contributed by atoms with E-state index in [0.29, 0.717) is 25.7 Å². The van der Waals surface area contributed by atoms with E-state index in [-0.39, 0.29) is 6.04 Å². The van der Waals surface area contributed by atoms with Gasteiger partial charge in [-0.2, -0.15) is 0 Å². The van der Waals surface area contributed by atoms with E-state index in [9.17, 15) is 0 Å². The van der Waals surface area contributed by atoms with Gasteiger partial charge in [-0.15, -0.1) is 0 Å². The molecule has 0 amide bonds. The van der Waals surface area contributed by atoms with E-state index in [0.717, 1.165) is 5.75 Å². The lowest BCUT2D eigenvalue weighted by Crippen LogP contribution is -2.32. The molecule has 0 bridgehead atoms.